The molecule has 5 heteroatoms. The van der Waals surface area contributed by atoms with Gasteiger partial charge >= 0.3 is 0 Å². The van der Waals surface area contributed by atoms with Crippen molar-refractivity contribution in [3.63, 3.8) is 0 Å². The molecule has 0 aliphatic heterocycles. The summed E-state index contributed by atoms with van der Waals surface area (Å²) in [5.74, 6) is -0.535. The highest BCUT2D eigenvalue weighted by Gasteiger charge is 2.04. The lowest BCUT2D eigenvalue weighted by Gasteiger charge is -1.91. The number of nitrogens with zero attached hydrogens (tertiary/aromatic N) is 3. The van der Waals surface area contributed by atoms with E-state index in [9.17, 15) is 4.79 Å². The van der Waals surface area contributed by atoms with Gasteiger partial charge in [-0.05, 0) is 6.42 Å². The molecular formula is C6H10N4O. The molecule has 0 fully saturated rings. The molecule has 1 heterocycles. The molecular weight excluding hydrogens is 144 g/mol. The number of nitrogens with two attached hydrogens (primary N) is 1. The van der Waals surface area contributed by atoms with Gasteiger partial charge in [0.05, 0.1) is 6.20 Å². The number of rotatable bonds is 3. The minimum absolute atomic E-state index is 0.221. The van der Waals surface area contributed by atoms with Gasteiger partial charge in [-0.15, -0.1) is 5.10 Å². The first kappa shape index (κ1) is 7.71. The first-order valence-corrected chi connectivity index (χ1v) is 3.44. The molecule has 1 rings (SSSR count). The summed E-state index contributed by atoms with van der Waals surface area (Å²) in [6.07, 6.45) is 2.51. The SMILES string of the molecule is CCCn1cc(C(N)=O)nn1. The maximum atomic E-state index is 10.5. The van der Waals surface area contributed by atoms with Crippen LogP contribution in [0.3, 0.4) is 0 Å². The van der Waals surface area contributed by atoms with Crippen molar-refractivity contribution in [2.75, 3.05) is 0 Å². The molecule has 0 saturated carbocycles. The molecule has 0 atom stereocenters. The molecule has 0 aliphatic rings. The van der Waals surface area contributed by atoms with Crippen molar-refractivity contribution in [3.05, 3.63) is 11.9 Å². The smallest absolute Gasteiger partial charge is 0.270 e. The Labute approximate surface area is 64.2 Å². The van der Waals surface area contributed by atoms with Gasteiger partial charge in [-0.3, -0.25) is 9.48 Å². The molecule has 0 aromatic carbocycles. The van der Waals surface area contributed by atoms with Gasteiger partial charge in [0, 0.05) is 6.54 Å². The van der Waals surface area contributed by atoms with Crippen molar-refractivity contribution in [1.82, 2.24) is 15.0 Å². The van der Waals surface area contributed by atoms with Crippen molar-refractivity contribution in [1.29, 1.82) is 0 Å². The fourth-order valence-electron chi connectivity index (χ4n) is 0.750. The van der Waals surface area contributed by atoms with Crippen LogP contribution in [0.5, 0.6) is 0 Å². The third kappa shape index (κ3) is 1.76. The number of hydrogen-bond acceptors (Lipinski definition) is 3. The van der Waals surface area contributed by atoms with E-state index in [4.69, 9.17) is 5.73 Å². The van der Waals surface area contributed by atoms with Crippen LogP contribution >= 0.6 is 0 Å². The van der Waals surface area contributed by atoms with Gasteiger partial charge in [0.2, 0.25) is 0 Å². The molecule has 0 spiro atoms. The third-order valence-electron chi connectivity index (χ3n) is 1.24. The predicted molar refractivity (Wildman–Crippen MR) is 38.8 cm³/mol. The Morgan fingerprint density at radius 2 is 2.55 bits per heavy atom. The monoisotopic (exact) mass is 154 g/mol. The average molecular weight is 154 g/mol. The summed E-state index contributed by atoms with van der Waals surface area (Å²) in [6, 6.07) is 0. The maximum Gasteiger partial charge on any atom is 0.270 e. The van der Waals surface area contributed by atoms with Gasteiger partial charge < -0.3 is 5.73 Å². The summed E-state index contributed by atoms with van der Waals surface area (Å²) in [5.41, 5.74) is 5.19. The quantitative estimate of drug-likeness (QED) is 0.654. The van der Waals surface area contributed by atoms with Gasteiger partial charge in [-0.25, -0.2) is 0 Å². The molecule has 0 radical (unpaired) electrons. The number of hydrogen-bond donors (Lipinski definition) is 1. The Morgan fingerprint density at radius 3 is 3.00 bits per heavy atom. The largest absolute Gasteiger partial charge is 0.364 e. The van der Waals surface area contributed by atoms with E-state index in [1.54, 1.807) is 10.9 Å². The van der Waals surface area contributed by atoms with Crippen LogP contribution in [0.4, 0.5) is 0 Å². The summed E-state index contributed by atoms with van der Waals surface area (Å²) >= 11 is 0. The standard InChI is InChI=1S/C6H10N4O/c1-2-3-10-4-5(6(7)11)8-9-10/h4H,2-3H2,1H3,(H2,7,11). The molecule has 0 unspecified atom stereocenters. The molecule has 0 saturated heterocycles. The van der Waals surface area contributed by atoms with Crippen molar-refractivity contribution < 1.29 is 4.79 Å². The van der Waals surface area contributed by atoms with Crippen LogP contribution < -0.4 is 5.73 Å². The Bertz CT molecular complexity index is 255. The molecule has 1 aromatic rings. The van der Waals surface area contributed by atoms with Crippen LogP contribution in [0.15, 0.2) is 6.20 Å². The van der Waals surface area contributed by atoms with Crippen LogP contribution in [-0.4, -0.2) is 20.9 Å². The molecule has 60 valence electrons. The lowest BCUT2D eigenvalue weighted by Crippen LogP contribution is -2.11. The van der Waals surface area contributed by atoms with Crippen molar-refractivity contribution in [3.8, 4) is 0 Å². The molecule has 11 heavy (non-hydrogen) atoms. The van der Waals surface area contributed by atoms with Gasteiger partial charge in [0.1, 0.15) is 0 Å². The van der Waals surface area contributed by atoms with Gasteiger partial charge in [-0.2, -0.15) is 0 Å². The minimum atomic E-state index is -0.535. The minimum Gasteiger partial charge on any atom is -0.364 e. The van der Waals surface area contributed by atoms with Crippen LogP contribution in [0.25, 0.3) is 0 Å². The van der Waals surface area contributed by atoms with Crippen LogP contribution in [0.1, 0.15) is 23.8 Å². The summed E-state index contributed by atoms with van der Waals surface area (Å²) in [5, 5.41) is 7.27. The van der Waals surface area contributed by atoms with E-state index < -0.39 is 5.91 Å². The van der Waals surface area contributed by atoms with Gasteiger partial charge in [0.15, 0.2) is 5.69 Å². The lowest BCUT2D eigenvalue weighted by molar-refractivity contribution is 0.0995. The molecule has 0 aliphatic carbocycles. The average Bonchev–Trinajstić information content (AvgIpc) is 2.37. The normalized spacial score (nSPS) is 9.91. The van der Waals surface area contributed by atoms with E-state index in [2.05, 4.69) is 10.3 Å². The topological polar surface area (TPSA) is 73.8 Å². The summed E-state index contributed by atoms with van der Waals surface area (Å²) in [6.45, 7) is 2.78. The lowest BCUT2D eigenvalue weighted by atomic mass is 10.4. The number of aromatic nitrogens is 3. The summed E-state index contributed by atoms with van der Waals surface area (Å²) in [4.78, 5) is 10.5. The second-order valence-corrected chi connectivity index (χ2v) is 2.23. The predicted octanol–water partition coefficient (Wildman–Crippen LogP) is -0.213. The molecule has 5 nitrogen and oxygen atoms in total. The molecule has 2 N–H and O–H groups in total. The zero-order valence-electron chi connectivity index (χ0n) is 6.32. The first-order valence-electron chi connectivity index (χ1n) is 3.44. The second kappa shape index (κ2) is 3.14. The highest BCUT2D eigenvalue weighted by Crippen LogP contribution is 1.92. The Morgan fingerprint density at radius 1 is 1.82 bits per heavy atom. The van der Waals surface area contributed by atoms with E-state index in [-0.39, 0.29) is 5.69 Å². The highest BCUT2D eigenvalue weighted by atomic mass is 16.1. The third-order valence-corrected chi connectivity index (χ3v) is 1.24. The number of carbonyl (C=O) groups is 1. The number of aryl methyl sites for hydroxylation is 1. The van der Waals surface area contributed by atoms with Crippen LogP contribution in [0.2, 0.25) is 0 Å². The van der Waals surface area contributed by atoms with Crippen molar-refractivity contribution in [2.24, 2.45) is 5.73 Å². The molecule has 1 aromatic heterocycles. The maximum absolute atomic E-state index is 10.5. The van der Waals surface area contributed by atoms with Gasteiger partial charge in [-0.1, -0.05) is 12.1 Å². The highest BCUT2D eigenvalue weighted by molar-refractivity contribution is 5.90. The molecule has 0 bridgehead atoms. The Hall–Kier alpha value is -1.39. The summed E-state index contributed by atoms with van der Waals surface area (Å²) in [7, 11) is 0. The van der Waals surface area contributed by atoms with E-state index in [0.717, 1.165) is 13.0 Å². The Balaban J connectivity index is 2.73. The number of amides is 1. The first-order chi connectivity index (χ1) is 5.24. The number of primary amides is 1. The van der Waals surface area contributed by atoms with E-state index in [1.165, 1.54) is 0 Å². The van der Waals surface area contributed by atoms with Crippen molar-refractivity contribution >= 4 is 5.91 Å². The van der Waals surface area contributed by atoms with Crippen LogP contribution in [0, 0.1) is 0 Å². The Kier molecular flexibility index (Phi) is 2.20. The molecule has 1 amide bonds. The zero-order valence-corrected chi connectivity index (χ0v) is 6.32. The van der Waals surface area contributed by atoms with E-state index >= 15 is 0 Å². The second-order valence-electron chi connectivity index (χ2n) is 2.23. The van der Waals surface area contributed by atoms with Crippen molar-refractivity contribution in [2.45, 2.75) is 19.9 Å². The summed E-state index contributed by atoms with van der Waals surface area (Å²) < 4.78 is 1.60. The van der Waals surface area contributed by atoms with Gasteiger partial charge in [0.25, 0.3) is 5.91 Å². The van der Waals surface area contributed by atoms with Crippen LogP contribution in [-0.2, 0) is 6.54 Å². The number of carbonyl (C=O) groups excluding carboxylic acids is 1. The van der Waals surface area contributed by atoms with E-state index in [0.29, 0.717) is 0 Å². The fourth-order valence-corrected chi connectivity index (χ4v) is 0.750. The van der Waals surface area contributed by atoms with E-state index in [1.807, 2.05) is 6.92 Å². The zero-order chi connectivity index (χ0) is 8.27. The fraction of sp³-hybridized carbons (Fsp3) is 0.500.